The van der Waals surface area contributed by atoms with Crippen molar-refractivity contribution in [3.8, 4) is 17.6 Å². The lowest BCUT2D eigenvalue weighted by molar-refractivity contribution is 0.0746. The van der Waals surface area contributed by atoms with Crippen molar-refractivity contribution in [2.24, 2.45) is 0 Å². The highest BCUT2D eigenvalue weighted by molar-refractivity contribution is 5.94. The maximum Gasteiger partial charge on any atom is 0.254 e. The molecule has 0 N–H and O–H groups in total. The molecular formula is C26H24N2O2. The Morgan fingerprint density at radius 3 is 2.27 bits per heavy atom. The van der Waals surface area contributed by atoms with E-state index < -0.39 is 0 Å². The number of amides is 1. The summed E-state index contributed by atoms with van der Waals surface area (Å²) in [6.45, 7) is 2.98. The first kappa shape index (κ1) is 19.6. The highest BCUT2D eigenvalue weighted by Gasteiger charge is 2.22. The van der Waals surface area contributed by atoms with E-state index in [9.17, 15) is 4.79 Å². The van der Waals surface area contributed by atoms with Crippen LogP contribution in [0.15, 0.2) is 78.9 Å². The first-order valence-electron chi connectivity index (χ1n) is 10.1. The van der Waals surface area contributed by atoms with Gasteiger partial charge in [0.2, 0.25) is 0 Å². The van der Waals surface area contributed by atoms with Gasteiger partial charge in [0, 0.05) is 54.6 Å². The Hall–Kier alpha value is -3.71. The van der Waals surface area contributed by atoms with Gasteiger partial charge in [0.15, 0.2) is 0 Å². The Balaban J connectivity index is 1.41. The monoisotopic (exact) mass is 396 g/mol. The van der Waals surface area contributed by atoms with Crippen molar-refractivity contribution >= 4 is 11.6 Å². The lowest BCUT2D eigenvalue weighted by Gasteiger charge is -2.36. The van der Waals surface area contributed by atoms with Gasteiger partial charge in [-0.1, -0.05) is 42.2 Å². The van der Waals surface area contributed by atoms with Crippen LogP contribution in [0.3, 0.4) is 0 Å². The van der Waals surface area contributed by atoms with Gasteiger partial charge < -0.3 is 14.5 Å². The highest BCUT2D eigenvalue weighted by atomic mass is 16.5. The van der Waals surface area contributed by atoms with Crippen LogP contribution in [0.4, 0.5) is 5.69 Å². The van der Waals surface area contributed by atoms with E-state index >= 15 is 0 Å². The van der Waals surface area contributed by atoms with Gasteiger partial charge >= 0.3 is 0 Å². The Labute approximate surface area is 177 Å². The molecule has 0 bridgehead atoms. The second-order valence-electron chi connectivity index (χ2n) is 7.18. The molecule has 0 saturated carbocycles. The summed E-state index contributed by atoms with van der Waals surface area (Å²) in [6, 6.07) is 25.5. The molecule has 30 heavy (non-hydrogen) atoms. The van der Waals surface area contributed by atoms with E-state index in [1.54, 1.807) is 7.11 Å². The largest absolute Gasteiger partial charge is 0.497 e. The normalized spacial score (nSPS) is 13.4. The zero-order valence-corrected chi connectivity index (χ0v) is 17.0. The van der Waals surface area contributed by atoms with E-state index in [4.69, 9.17) is 4.74 Å². The van der Waals surface area contributed by atoms with E-state index in [1.165, 1.54) is 0 Å². The Morgan fingerprint density at radius 1 is 0.800 bits per heavy atom. The Bertz CT molecular complexity index is 1070. The summed E-state index contributed by atoms with van der Waals surface area (Å²) >= 11 is 0. The molecule has 3 aromatic carbocycles. The predicted molar refractivity (Wildman–Crippen MR) is 120 cm³/mol. The number of hydrogen-bond donors (Lipinski definition) is 0. The van der Waals surface area contributed by atoms with Crippen molar-refractivity contribution < 1.29 is 9.53 Å². The molecule has 4 nitrogen and oxygen atoms in total. The summed E-state index contributed by atoms with van der Waals surface area (Å²) in [7, 11) is 1.67. The van der Waals surface area contributed by atoms with Gasteiger partial charge in [0.05, 0.1) is 7.11 Å². The van der Waals surface area contributed by atoms with E-state index in [0.717, 1.165) is 35.7 Å². The Morgan fingerprint density at radius 2 is 1.50 bits per heavy atom. The van der Waals surface area contributed by atoms with Gasteiger partial charge in [-0.25, -0.2) is 0 Å². The van der Waals surface area contributed by atoms with E-state index in [0.29, 0.717) is 18.7 Å². The number of carbonyl (C=O) groups excluding carboxylic acids is 1. The fourth-order valence-electron chi connectivity index (χ4n) is 3.55. The van der Waals surface area contributed by atoms with Crippen molar-refractivity contribution in [3.63, 3.8) is 0 Å². The third kappa shape index (κ3) is 4.64. The number of benzene rings is 3. The summed E-state index contributed by atoms with van der Waals surface area (Å²) in [5, 5.41) is 0. The van der Waals surface area contributed by atoms with Gasteiger partial charge in [0.25, 0.3) is 5.91 Å². The van der Waals surface area contributed by atoms with Crippen LogP contribution in [0.1, 0.15) is 21.5 Å². The molecule has 1 fully saturated rings. The number of nitrogens with zero attached hydrogens (tertiary/aromatic N) is 2. The summed E-state index contributed by atoms with van der Waals surface area (Å²) in [4.78, 5) is 17.2. The molecule has 1 saturated heterocycles. The first-order valence-corrected chi connectivity index (χ1v) is 10.1. The van der Waals surface area contributed by atoms with Crippen LogP contribution in [0.5, 0.6) is 5.75 Å². The van der Waals surface area contributed by atoms with Crippen LogP contribution in [0.2, 0.25) is 0 Å². The molecule has 4 rings (SSSR count). The van der Waals surface area contributed by atoms with Gasteiger partial charge in [-0.3, -0.25) is 4.79 Å². The molecule has 0 aromatic heterocycles. The van der Waals surface area contributed by atoms with Crippen LogP contribution in [0.25, 0.3) is 0 Å². The summed E-state index contributed by atoms with van der Waals surface area (Å²) in [6.07, 6.45) is 0. The molecule has 1 aliphatic heterocycles. The van der Waals surface area contributed by atoms with Crippen LogP contribution in [-0.4, -0.2) is 44.1 Å². The molecular weight excluding hydrogens is 372 g/mol. The maximum atomic E-state index is 13.0. The average Bonchev–Trinajstić information content (AvgIpc) is 2.83. The fourth-order valence-corrected chi connectivity index (χ4v) is 3.55. The summed E-state index contributed by atoms with van der Waals surface area (Å²) in [5.41, 5.74) is 3.62. The quantitative estimate of drug-likeness (QED) is 0.626. The number of anilines is 1. The molecule has 0 spiro atoms. The molecule has 0 aliphatic carbocycles. The van der Waals surface area contributed by atoms with Crippen molar-refractivity contribution in [3.05, 3.63) is 95.6 Å². The minimum atomic E-state index is 0.0589. The molecule has 0 atom stereocenters. The highest BCUT2D eigenvalue weighted by Crippen LogP contribution is 2.22. The lowest BCUT2D eigenvalue weighted by atomic mass is 10.1. The van der Waals surface area contributed by atoms with Crippen molar-refractivity contribution in [2.45, 2.75) is 0 Å². The number of rotatable bonds is 3. The number of carbonyl (C=O) groups is 1. The number of methoxy groups -OCH3 is 1. The zero-order chi connectivity index (χ0) is 20.8. The zero-order valence-electron chi connectivity index (χ0n) is 17.0. The van der Waals surface area contributed by atoms with E-state index in [2.05, 4.69) is 22.8 Å². The number of ether oxygens (including phenoxy) is 1. The molecule has 150 valence electrons. The molecule has 1 amide bonds. The Kier molecular flexibility index (Phi) is 6.01. The second kappa shape index (κ2) is 9.19. The molecule has 1 heterocycles. The summed E-state index contributed by atoms with van der Waals surface area (Å²) < 4.78 is 5.32. The molecule has 0 unspecified atom stereocenters. The van der Waals surface area contributed by atoms with E-state index in [-0.39, 0.29) is 5.91 Å². The van der Waals surface area contributed by atoms with Crippen LogP contribution in [-0.2, 0) is 0 Å². The minimum absolute atomic E-state index is 0.0589. The lowest BCUT2D eigenvalue weighted by Crippen LogP contribution is -2.48. The minimum Gasteiger partial charge on any atom is -0.497 e. The van der Waals surface area contributed by atoms with Crippen LogP contribution in [0, 0.1) is 11.8 Å². The van der Waals surface area contributed by atoms with E-state index in [1.807, 2.05) is 77.7 Å². The third-order valence-corrected chi connectivity index (χ3v) is 5.22. The average molecular weight is 396 g/mol. The van der Waals surface area contributed by atoms with Crippen molar-refractivity contribution in [2.75, 3.05) is 38.2 Å². The van der Waals surface area contributed by atoms with Crippen LogP contribution < -0.4 is 9.64 Å². The topological polar surface area (TPSA) is 32.8 Å². The van der Waals surface area contributed by atoms with Gasteiger partial charge in [-0.15, -0.1) is 0 Å². The number of piperazine rings is 1. The molecule has 1 aliphatic rings. The third-order valence-electron chi connectivity index (χ3n) is 5.22. The first-order chi connectivity index (χ1) is 14.7. The van der Waals surface area contributed by atoms with Crippen molar-refractivity contribution in [1.82, 2.24) is 4.90 Å². The fraction of sp³-hybridized carbons (Fsp3) is 0.192. The van der Waals surface area contributed by atoms with Crippen LogP contribution >= 0.6 is 0 Å². The van der Waals surface area contributed by atoms with Crippen molar-refractivity contribution in [1.29, 1.82) is 0 Å². The molecule has 3 aromatic rings. The SMILES string of the molecule is COc1cccc(N2CCN(C(=O)c3cccc(C#Cc4ccccc4)c3)CC2)c1. The van der Waals surface area contributed by atoms with Gasteiger partial charge in [-0.2, -0.15) is 0 Å². The van der Waals surface area contributed by atoms with Gasteiger partial charge in [-0.05, 0) is 42.5 Å². The molecule has 0 radical (unpaired) electrons. The number of hydrogen-bond acceptors (Lipinski definition) is 3. The smallest absolute Gasteiger partial charge is 0.254 e. The second-order valence-corrected chi connectivity index (χ2v) is 7.18. The maximum absolute atomic E-state index is 13.0. The standard InChI is InChI=1S/C26H24N2O2/c1-30-25-12-6-11-24(20-25)27-15-17-28(18-16-27)26(29)23-10-5-9-22(19-23)14-13-21-7-3-2-4-8-21/h2-12,19-20H,15-18H2,1H3. The molecule has 4 heteroatoms. The predicted octanol–water partition coefficient (Wildman–Crippen LogP) is 4.06. The van der Waals surface area contributed by atoms with Gasteiger partial charge in [0.1, 0.15) is 5.75 Å². The summed E-state index contributed by atoms with van der Waals surface area (Å²) in [5.74, 6) is 7.21.